The van der Waals surface area contributed by atoms with E-state index in [0.29, 0.717) is 6.10 Å². The van der Waals surface area contributed by atoms with Gasteiger partial charge in [0.15, 0.2) is 0 Å². The Balaban J connectivity index is 2.33. The number of ether oxygens (including phenoxy) is 1. The van der Waals surface area contributed by atoms with E-state index in [2.05, 4.69) is 6.92 Å². The predicted molar refractivity (Wildman–Crippen MR) is 49.1 cm³/mol. The van der Waals surface area contributed by atoms with Crippen LogP contribution in [0.5, 0.6) is 0 Å². The Morgan fingerprint density at radius 1 is 1.42 bits per heavy atom. The van der Waals surface area contributed by atoms with Crippen molar-refractivity contribution in [1.29, 1.82) is 0 Å². The maximum absolute atomic E-state index is 10.0. The van der Waals surface area contributed by atoms with E-state index in [1.165, 1.54) is 0 Å². The van der Waals surface area contributed by atoms with Crippen molar-refractivity contribution in [3.05, 3.63) is 0 Å². The first kappa shape index (κ1) is 10.0. The second kappa shape index (κ2) is 4.24. The molecule has 0 saturated heterocycles. The minimum absolute atomic E-state index is 0.371. The van der Waals surface area contributed by atoms with Gasteiger partial charge in [-0.25, -0.2) is 0 Å². The monoisotopic (exact) mass is 172 g/mol. The van der Waals surface area contributed by atoms with Gasteiger partial charge >= 0.3 is 0 Å². The molecular weight excluding hydrogens is 152 g/mol. The topological polar surface area (TPSA) is 29.5 Å². The van der Waals surface area contributed by atoms with Gasteiger partial charge in [-0.05, 0) is 32.1 Å². The van der Waals surface area contributed by atoms with E-state index in [9.17, 15) is 5.11 Å². The van der Waals surface area contributed by atoms with Crippen LogP contribution >= 0.6 is 0 Å². The van der Waals surface area contributed by atoms with Crippen molar-refractivity contribution in [3.8, 4) is 0 Å². The summed E-state index contributed by atoms with van der Waals surface area (Å²) in [5.41, 5.74) is -0.371. The van der Waals surface area contributed by atoms with Crippen molar-refractivity contribution in [2.75, 3.05) is 7.11 Å². The third-order valence-electron chi connectivity index (χ3n) is 2.91. The minimum Gasteiger partial charge on any atom is -0.390 e. The zero-order valence-corrected chi connectivity index (χ0v) is 8.18. The van der Waals surface area contributed by atoms with Gasteiger partial charge in [-0.15, -0.1) is 0 Å². The molecule has 0 atom stereocenters. The summed E-state index contributed by atoms with van der Waals surface area (Å²) in [5.74, 6) is 0. The Labute approximate surface area is 74.9 Å². The summed E-state index contributed by atoms with van der Waals surface area (Å²) in [6, 6.07) is 0. The Kier molecular flexibility index (Phi) is 3.53. The van der Waals surface area contributed by atoms with Gasteiger partial charge in [0.2, 0.25) is 0 Å². The average molecular weight is 172 g/mol. The first-order valence-corrected chi connectivity index (χ1v) is 4.95. The highest BCUT2D eigenvalue weighted by Gasteiger charge is 2.31. The van der Waals surface area contributed by atoms with Crippen molar-refractivity contribution in [2.24, 2.45) is 0 Å². The summed E-state index contributed by atoms with van der Waals surface area (Å²) >= 11 is 0. The van der Waals surface area contributed by atoms with Crippen LogP contribution in [0.3, 0.4) is 0 Å². The molecular formula is C10H20O2. The van der Waals surface area contributed by atoms with Gasteiger partial charge in [0.25, 0.3) is 0 Å². The fourth-order valence-electron chi connectivity index (χ4n) is 2.08. The largest absolute Gasteiger partial charge is 0.390 e. The maximum atomic E-state index is 10.0. The lowest BCUT2D eigenvalue weighted by Gasteiger charge is -2.35. The third kappa shape index (κ3) is 2.46. The second-order valence-corrected chi connectivity index (χ2v) is 3.91. The van der Waals surface area contributed by atoms with Gasteiger partial charge in [-0.2, -0.15) is 0 Å². The summed E-state index contributed by atoms with van der Waals surface area (Å²) in [5, 5.41) is 10.0. The van der Waals surface area contributed by atoms with Crippen LogP contribution in [-0.2, 0) is 4.74 Å². The number of hydrogen-bond acceptors (Lipinski definition) is 2. The van der Waals surface area contributed by atoms with Crippen LogP contribution in [-0.4, -0.2) is 23.9 Å². The highest BCUT2D eigenvalue weighted by Crippen LogP contribution is 2.32. The fraction of sp³-hybridized carbons (Fsp3) is 1.00. The van der Waals surface area contributed by atoms with Crippen LogP contribution in [0, 0.1) is 0 Å². The zero-order chi connectivity index (χ0) is 9.03. The van der Waals surface area contributed by atoms with E-state index in [1.54, 1.807) is 7.11 Å². The number of rotatable bonds is 3. The minimum atomic E-state index is -0.371. The maximum Gasteiger partial charge on any atom is 0.0649 e. The molecule has 1 saturated carbocycles. The number of aliphatic hydroxyl groups is 1. The van der Waals surface area contributed by atoms with Gasteiger partial charge in [-0.1, -0.05) is 13.3 Å². The molecule has 1 fully saturated rings. The van der Waals surface area contributed by atoms with Crippen molar-refractivity contribution in [3.63, 3.8) is 0 Å². The van der Waals surface area contributed by atoms with Crippen molar-refractivity contribution in [2.45, 2.75) is 57.2 Å². The molecule has 0 bridgehead atoms. The van der Waals surface area contributed by atoms with Gasteiger partial charge in [-0.3, -0.25) is 0 Å². The first-order valence-electron chi connectivity index (χ1n) is 4.95. The van der Waals surface area contributed by atoms with Gasteiger partial charge in [0.1, 0.15) is 0 Å². The summed E-state index contributed by atoms with van der Waals surface area (Å²) in [6.45, 7) is 2.13. The molecule has 2 nitrogen and oxygen atoms in total. The number of hydrogen-bond donors (Lipinski definition) is 1. The molecule has 72 valence electrons. The first-order chi connectivity index (χ1) is 5.70. The second-order valence-electron chi connectivity index (χ2n) is 3.91. The molecule has 1 aliphatic carbocycles. The van der Waals surface area contributed by atoms with Crippen LogP contribution in [0.1, 0.15) is 45.4 Å². The van der Waals surface area contributed by atoms with Crippen molar-refractivity contribution in [1.82, 2.24) is 0 Å². The van der Waals surface area contributed by atoms with Gasteiger partial charge in [0, 0.05) is 7.11 Å². The molecule has 0 spiro atoms. The van der Waals surface area contributed by atoms with Crippen molar-refractivity contribution >= 4 is 0 Å². The summed E-state index contributed by atoms with van der Waals surface area (Å²) < 4.78 is 5.25. The fourth-order valence-corrected chi connectivity index (χ4v) is 2.08. The molecule has 0 aliphatic heterocycles. The molecule has 0 aromatic carbocycles. The third-order valence-corrected chi connectivity index (χ3v) is 2.91. The van der Waals surface area contributed by atoms with E-state index < -0.39 is 0 Å². The lowest BCUT2D eigenvalue weighted by atomic mass is 9.80. The Morgan fingerprint density at radius 2 is 2.00 bits per heavy atom. The van der Waals surface area contributed by atoms with E-state index >= 15 is 0 Å². The quantitative estimate of drug-likeness (QED) is 0.706. The Morgan fingerprint density at radius 3 is 2.42 bits per heavy atom. The lowest BCUT2D eigenvalue weighted by molar-refractivity contribution is -0.0484. The van der Waals surface area contributed by atoms with Gasteiger partial charge in [0.05, 0.1) is 11.7 Å². The van der Waals surface area contributed by atoms with Crippen molar-refractivity contribution < 1.29 is 9.84 Å². The van der Waals surface area contributed by atoms with E-state index in [-0.39, 0.29) is 5.60 Å². The summed E-state index contributed by atoms with van der Waals surface area (Å²) in [4.78, 5) is 0. The van der Waals surface area contributed by atoms with E-state index in [0.717, 1.165) is 38.5 Å². The Bertz CT molecular complexity index is 126. The lowest BCUT2D eigenvalue weighted by Crippen LogP contribution is -2.36. The molecule has 1 aliphatic rings. The smallest absolute Gasteiger partial charge is 0.0649 e. The zero-order valence-electron chi connectivity index (χ0n) is 8.18. The number of methoxy groups -OCH3 is 1. The molecule has 0 amide bonds. The molecule has 12 heavy (non-hydrogen) atoms. The summed E-state index contributed by atoms with van der Waals surface area (Å²) in [7, 11) is 1.76. The summed E-state index contributed by atoms with van der Waals surface area (Å²) in [6.07, 6.45) is 6.29. The van der Waals surface area contributed by atoms with Crippen LogP contribution in [0.2, 0.25) is 0 Å². The average Bonchev–Trinajstić information content (AvgIpc) is 2.06. The Hall–Kier alpha value is -0.0800. The molecule has 0 aromatic heterocycles. The van der Waals surface area contributed by atoms with E-state index in [1.807, 2.05) is 0 Å². The van der Waals surface area contributed by atoms with E-state index in [4.69, 9.17) is 4.74 Å². The van der Waals surface area contributed by atoms with Crippen LogP contribution in [0.15, 0.2) is 0 Å². The molecule has 2 heteroatoms. The van der Waals surface area contributed by atoms with Crippen LogP contribution in [0.4, 0.5) is 0 Å². The molecule has 0 unspecified atom stereocenters. The van der Waals surface area contributed by atoms with Gasteiger partial charge < -0.3 is 9.84 Å². The SMILES string of the molecule is CCCC1(O)CCC(OC)CC1. The van der Waals surface area contributed by atoms with Crippen LogP contribution < -0.4 is 0 Å². The predicted octanol–water partition coefficient (Wildman–Crippen LogP) is 2.11. The molecule has 0 aromatic rings. The molecule has 1 N–H and O–H groups in total. The molecule has 0 radical (unpaired) electrons. The standard InChI is InChI=1S/C10H20O2/c1-3-6-10(11)7-4-9(12-2)5-8-10/h9,11H,3-8H2,1-2H3. The molecule has 1 rings (SSSR count). The normalized spacial score (nSPS) is 36.8. The van der Waals surface area contributed by atoms with Crippen LogP contribution in [0.25, 0.3) is 0 Å². The highest BCUT2D eigenvalue weighted by molar-refractivity contribution is 4.85. The molecule has 0 heterocycles. The highest BCUT2D eigenvalue weighted by atomic mass is 16.5.